The van der Waals surface area contributed by atoms with Gasteiger partial charge >= 0.3 is 5.97 Å². The molecule has 36 heavy (non-hydrogen) atoms. The van der Waals surface area contributed by atoms with Gasteiger partial charge < -0.3 is 19.0 Å². The number of rotatable bonds is 12. The molecule has 188 valence electrons. The number of carbonyl (C=O) groups is 1. The van der Waals surface area contributed by atoms with E-state index in [2.05, 4.69) is 18.2 Å². The molecule has 0 aliphatic carbocycles. The number of nitrogens with zero attached hydrogens (tertiary/aromatic N) is 1. The highest BCUT2D eigenvalue weighted by molar-refractivity contribution is 7.18. The lowest BCUT2D eigenvalue weighted by molar-refractivity contribution is -0.166. The van der Waals surface area contributed by atoms with E-state index in [9.17, 15) is 9.90 Å². The van der Waals surface area contributed by atoms with Crippen molar-refractivity contribution < 1.29 is 23.8 Å². The predicted molar refractivity (Wildman–Crippen MR) is 142 cm³/mol. The van der Waals surface area contributed by atoms with Crippen molar-refractivity contribution in [3.8, 4) is 27.0 Å². The third-order valence-electron chi connectivity index (χ3n) is 6.17. The molecule has 2 aromatic carbocycles. The van der Waals surface area contributed by atoms with E-state index in [1.165, 1.54) is 10.4 Å². The van der Waals surface area contributed by atoms with Gasteiger partial charge in [-0.05, 0) is 55.7 Å². The maximum Gasteiger partial charge on any atom is 0.336 e. The highest BCUT2D eigenvalue weighted by Crippen LogP contribution is 2.34. The topological polar surface area (TPSA) is 81.8 Å². The van der Waals surface area contributed by atoms with Gasteiger partial charge in [0, 0.05) is 24.3 Å². The Morgan fingerprint density at radius 3 is 2.42 bits per heavy atom. The van der Waals surface area contributed by atoms with Gasteiger partial charge in [-0.15, -0.1) is 11.3 Å². The summed E-state index contributed by atoms with van der Waals surface area (Å²) in [5, 5.41) is 9.68. The first-order valence-corrected chi connectivity index (χ1v) is 13.0. The largest absolute Gasteiger partial charge is 0.493 e. The van der Waals surface area contributed by atoms with Crippen molar-refractivity contribution in [2.75, 3.05) is 13.2 Å². The summed E-state index contributed by atoms with van der Waals surface area (Å²) >= 11 is 1.66. The van der Waals surface area contributed by atoms with Crippen LogP contribution in [0.1, 0.15) is 37.3 Å². The Balaban J connectivity index is 1.35. The molecule has 6 nitrogen and oxygen atoms in total. The van der Waals surface area contributed by atoms with Crippen LogP contribution in [-0.4, -0.2) is 34.9 Å². The van der Waals surface area contributed by atoms with E-state index in [-0.39, 0.29) is 0 Å². The van der Waals surface area contributed by atoms with Crippen LogP contribution in [0, 0.1) is 6.92 Å². The minimum atomic E-state index is -1.20. The average Bonchev–Trinajstić information content (AvgIpc) is 3.52. The van der Waals surface area contributed by atoms with Crippen LogP contribution in [0.2, 0.25) is 0 Å². The first-order chi connectivity index (χ1) is 17.4. The van der Waals surface area contributed by atoms with Gasteiger partial charge in [0.25, 0.3) is 0 Å². The van der Waals surface area contributed by atoms with Crippen molar-refractivity contribution in [3.63, 3.8) is 0 Å². The van der Waals surface area contributed by atoms with Gasteiger partial charge in [0.1, 0.15) is 11.5 Å². The molecule has 0 radical (unpaired) electrons. The third-order valence-corrected chi connectivity index (χ3v) is 7.29. The molecule has 0 aliphatic heterocycles. The van der Waals surface area contributed by atoms with Gasteiger partial charge in [0.15, 0.2) is 5.60 Å². The van der Waals surface area contributed by atoms with Crippen molar-refractivity contribution in [2.45, 2.75) is 45.6 Å². The number of hydrogen-bond acceptors (Lipinski definition) is 6. The monoisotopic (exact) mass is 505 g/mol. The van der Waals surface area contributed by atoms with Crippen LogP contribution in [0.3, 0.4) is 0 Å². The van der Waals surface area contributed by atoms with Crippen LogP contribution < -0.4 is 4.74 Å². The van der Waals surface area contributed by atoms with Crippen LogP contribution in [-0.2, 0) is 22.4 Å². The van der Waals surface area contributed by atoms with E-state index in [4.69, 9.17) is 18.9 Å². The lowest BCUT2D eigenvalue weighted by Crippen LogP contribution is -2.43. The van der Waals surface area contributed by atoms with Crippen molar-refractivity contribution in [3.05, 3.63) is 83.7 Å². The molecule has 0 bridgehead atoms. The van der Waals surface area contributed by atoms with Crippen LogP contribution in [0.15, 0.2) is 71.1 Å². The van der Waals surface area contributed by atoms with E-state index < -0.39 is 11.6 Å². The maximum absolute atomic E-state index is 11.8. The van der Waals surface area contributed by atoms with Gasteiger partial charge in [-0.3, -0.25) is 0 Å². The Kier molecular flexibility index (Phi) is 8.23. The molecule has 4 rings (SSSR count). The summed E-state index contributed by atoms with van der Waals surface area (Å²) in [5.41, 5.74) is 1.74. The highest BCUT2D eigenvalue weighted by atomic mass is 32.1. The van der Waals surface area contributed by atoms with Crippen LogP contribution in [0.5, 0.6) is 5.75 Å². The first kappa shape index (κ1) is 25.7. The minimum absolute atomic E-state index is 0.308. The Morgan fingerprint density at radius 2 is 1.75 bits per heavy atom. The second-order valence-electron chi connectivity index (χ2n) is 8.56. The zero-order valence-corrected chi connectivity index (χ0v) is 21.6. The number of aryl methyl sites for hydroxylation is 1. The molecule has 0 saturated carbocycles. The fourth-order valence-electron chi connectivity index (χ4n) is 4.12. The predicted octanol–water partition coefficient (Wildman–Crippen LogP) is 6.81. The second kappa shape index (κ2) is 11.5. The van der Waals surface area contributed by atoms with Gasteiger partial charge in [0.05, 0.1) is 17.2 Å². The Hall–Kier alpha value is -3.42. The number of oxazole rings is 1. The fraction of sp³-hybridized carbons (Fsp3) is 0.310. The Morgan fingerprint density at radius 1 is 1.03 bits per heavy atom. The van der Waals surface area contributed by atoms with Crippen LogP contribution in [0.4, 0.5) is 0 Å². The van der Waals surface area contributed by atoms with E-state index in [0.29, 0.717) is 38.4 Å². The number of thiophene rings is 1. The maximum atomic E-state index is 11.8. The zero-order chi connectivity index (χ0) is 25.5. The van der Waals surface area contributed by atoms with Gasteiger partial charge in [-0.2, -0.15) is 0 Å². The molecule has 0 saturated heterocycles. The minimum Gasteiger partial charge on any atom is -0.493 e. The molecule has 2 aromatic heterocycles. The fourth-order valence-corrected chi connectivity index (χ4v) is 5.06. The molecule has 1 N–H and O–H groups in total. The summed E-state index contributed by atoms with van der Waals surface area (Å²) in [6, 6.07) is 21.9. The molecular formula is C29H31NO5S. The zero-order valence-electron chi connectivity index (χ0n) is 20.8. The number of benzene rings is 2. The number of aromatic nitrogens is 1. The lowest BCUT2D eigenvalue weighted by atomic mass is 9.91. The standard InChI is InChI=1S/C29H31NO5S/c1-4-29(28(31)32,34-5-2)19-21-11-13-23(14-12-21)33-18-17-24-20(3)35-27(30-24)26-16-15-25(36-26)22-9-7-6-8-10-22/h6-16H,4-5,17-19H2,1-3H3,(H,31,32)/t29-/m0/s1. The van der Waals surface area contributed by atoms with Crippen molar-refractivity contribution in [1.29, 1.82) is 0 Å². The number of carboxylic acids is 1. The smallest absolute Gasteiger partial charge is 0.336 e. The van der Waals surface area contributed by atoms with Gasteiger partial charge in [-0.25, -0.2) is 9.78 Å². The number of aliphatic carboxylic acids is 1. The molecule has 0 unspecified atom stereocenters. The molecule has 2 heterocycles. The average molecular weight is 506 g/mol. The van der Waals surface area contributed by atoms with Crippen LogP contribution >= 0.6 is 11.3 Å². The lowest BCUT2D eigenvalue weighted by Gasteiger charge is -2.28. The molecule has 7 heteroatoms. The number of ether oxygens (including phenoxy) is 2. The summed E-state index contributed by atoms with van der Waals surface area (Å²) in [4.78, 5) is 18.7. The summed E-state index contributed by atoms with van der Waals surface area (Å²) in [7, 11) is 0. The second-order valence-corrected chi connectivity index (χ2v) is 9.64. The molecule has 4 aromatic rings. The molecule has 0 amide bonds. The van der Waals surface area contributed by atoms with E-state index in [1.807, 2.05) is 69.3 Å². The summed E-state index contributed by atoms with van der Waals surface area (Å²) < 4.78 is 17.5. The van der Waals surface area contributed by atoms with Crippen molar-refractivity contribution in [2.24, 2.45) is 0 Å². The third kappa shape index (κ3) is 5.86. The van der Waals surface area contributed by atoms with Gasteiger partial charge in [0.2, 0.25) is 5.89 Å². The molecule has 1 atom stereocenters. The molecular weight excluding hydrogens is 474 g/mol. The molecule has 0 spiro atoms. The van der Waals surface area contributed by atoms with Crippen LogP contribution in [0.25, 0.3) is 21.2 Å². The molecule has 0 aliphatic rings. The van der Waals surface area contributed by atoms with Gasteiger partial charge in [-0.1, -0.05) is 49.4 Å². The highest BCUT2D eigenvalue weighted by Gasteiger charge is 2.37. The Labute approximate surface area is 215 Å². The quantitative estimate of drug-likeness (QED) is 0.228. The summed E-state index contributed by atoms with van der Waals surface area (Å²) in [6.07, 6.45) is 1.32. The van der Waals surface area contributed by atoms with Crippen molar-refractivity contribution in [1.82, 2.24) is 4.98 Å². The van der Waals surface area contributed by atoms with E-state index >= 15 is 0 Å². The summed E-state index contributed by atoms with van der Waals surface area (Å²) in [6.45, 7) is 6.38. The number of carboxylic acid groups (broad SMARTS) is 1. The van der Waals surface area contributed by atoms with E-state index in [1.54, 1.807) is 11.3 Å². The normalized spacial score (nSPS) is 12.9. The van der Waals surface area contributed by atoms with E-state index in [0.717, 1.165) is 27.6 Å². The SMILES string of the molecule is CCO[C@@](CC)(Cc1ccc(OCCc2nc(-c3ccc(-c4ccccc4)s3)oc2C)cc1)C(=O)O. The Bertz CT molecular complexity index is 1280. The summed E-state index contributed by atoms with van der Waals surface area (Å²) in [5.74, 6) is 1.21. The molecule has 0 fully saturated rings. The van der Waals surface area contributed by atoms with Crippen molar-refractivity contribution >= 4 is 17.3 Å². The number of hydrogen-bond donors (Lipinski definition) is 1. The first-order valence-electron chi connectivity index (χ1n) is 12.1.